The summed E-state index contributed by atoms with van der Waals surface area (Å²) in [6.45, 7) is 2.03. The van der Waals surface area contributed by atoms with Crippen molar-refractivity contribution in [3.63, 3.8) is 0 Å². The van der Waals surface area contributed by atoms with Crippen molar-refractivity contribution < 1.29 is 4.79 Å². The molecule has 0 spiro atoms. The van der Waals surface area contributed by atoms with Gasteiger partial charge in [-0.15, -0.1) is 11.8 Å². The first-order valence-electron chi connectivity index (χ1n) is 5.75. The molecule has 2 aromatic rings. The molecular formula is C15H12Cl2OS. The molecular weight excluding hydrogens is 299 g/mol. The van der Waals surface area contributed by atoms with E-state index in [1.54, 1.807) is 18.2 Å². The number of hydrogen-bond donors (Lipinski definition) is 0. The van der Waals surface area contributed by atoms with E-state index >= 15 is 0 Å². The molecule has 19 heavy (non-hydrogen) atoms. The van der Waals surface area contributed by atoms with E-state index in [1.807, 2.05) is 31.2 Å². The van der Waals surface area contributed by atoms with Gasteiger partial charge in [0.25, 0.3) is 0 Å². The predicted octanol–water partition coefficient (Wildman–Crippen LogP) is 5.28. The number of rotatable bonds is 4. The van der Waals surface area contributed by atoms with Crippen molar-refractivity contribution in [2.24, 2.45) is 0 Å². The van der Waals surface area contributed by atoms with Crippen LogP contribution in [0.15, 0.2) is 47.4 Å². The molecule has 0 saturated heterocycles. The molecule has 0 unspecified atom stereocenters. The van der Waals surface area contributed by atoms with Crippen molar-refractivity contribution in [1.82, 2.24) is 0 Å². The quantitative estimate of drug-likeness (QED) is 0.564. The summed E-state index contributed by atoms with van der Waals surface area (Å²) < 4.78 is 0. The van der Waals surface area contributed by atoms with Gasteiger partial charge in [-0.3, -0.25) is 4.79 Å². The Morgan fingerprint density at radius 2 is 1.84 bits per heavy atom. The standard InChI is InChI=1S/C15H12Cl2OS/c1-10-5-2-3-8-14(10)19-9-13(18)11-6-4-7-12(16)15(11)17/h2-8H,9H2,1H3. The Morgan fingerprint density at radius 1 is 1.11 bits per heavy atom. The number of carbonyl (C=O) groups is 1. The fourth-order valence-corrected chi connectivity index (χ4v) is 2.98. The second-order valence-electron chi connectivity index (χ2n) is 4.08. The number of Topliss-reactive ketones (excluding diaryl/α,β-unsaturated/α-hetero) is 1. The Balaban J connectivity index is 2.10. The molecule has 0 N–H and O–H groups in total. The van der Waals surface area contributed by atoms with Gasteiger partial charge in [-0.1, -0.05) is 47.5 Å². The normalized spacial score (nSPS) is 10.5. The van der Waals surface area contributed by atoms with E-state index in [1.165, 1.54) is 11.8 Å². The Kier molecular flexibility index (Phi) is 4.92. The Labute approximate surface area is 126 Å². The SMILES string of the molecule is Cc1ccccc1SCC(=O)c1cccc(Cl)c1Cl. The molecule has 0 amide bonds. The number of aryl methyl sites for hydroxylation is 1. The Morgan fingerprint density at radius 3 is 2.58 bits per heavy atom. The first-order chi connectivity index (χ1) is 9.09. The summed E-state index contributed by atoms with van der Waals surface area (Å²) in [5, 5.41) is 0.743. The molecule has 0 bridgehead atoms. The van der Waals surface area contributed by atoms with Gasteiger partial charge in [-0.25, -0.2) is 0 Å². The maximum Gasteiger partial charge on any atom is 0.174 e. The minimum atomic E-state index is -0.0132. The summed E-state index contributed by atoms with van der Waals surface area (Å²) >= 11 is 13.5. The molecule has 98 valence electrons. The van der Waals surface area contributed by atoms with Gasteiger partial charge in [-0.05, 0) is 30.7 Å². The van der Waals surface area contributed by atoms with Crippen LogP contribution in [0.1, 0.15) is 15.9 Å². The van der Waals surface area contributed by atoms with Crippen LogP contribution in [0.3, 0.4) is 0 Å². The van der Waals surface area contributed by atoms with E-state index in [4.69, 9.17) is 23.2 Å². The van der Waals surface area contributed by atoms with Crippen LogP contribution in [0.5, 0.6) is 0 Å². The smallest absolute Gasteiger partial charge is 0.174 e. The zero-order chi connectivity index (χ0) is 13.8. The zero-order valence-electron chi connectivity index (χ0n) is 10.3. The van der Waals surface area contributed by atoms with Gasteiger partial charge >= 0.3 is 0 Å². The third-order valence-electron chi connectivity index (χ3n) is 2.70. The van der Waals surface area contributed by atoms with Crippen LogP contribution in [0.2, 0.25) is 10.0 Å². The van der Waals surface area contributed by atoms with Gasteiger partial charge in [0.2, 0.25) is 0 Å². The fourth-order valence-electron chi connectivity index (χ4n) is 1.66. The molecule has 0 atom stereocenters. The molecule has 0 saturated carbocycles. The van der Waals surface area contributed by atoms with Gasteiger partial charge in [0.15, 0.2) is 5.78 Å². The zero-order valence-corrected chi connectivity index (χ0v) is 12.6. The summed E-state index contributed by atoms with van der Waals surface area (Å²) in [6, 6.07) is 13.1. The van der Waals surface area contributed by atoms with Crippen LogP contribution >= 0.6 is 35.0 Å². The number of hydrogen-bond acceptors (Lipinski definition) is 2. The minimum absolute atomic E-state index is 0.0132. The van der Waals surface area contributed by atoms with Crippen molar-refractivity contribution in [3.05, 3.63) is 63.6 Å². The molecule has 0 fully saturated rings. The highest BCUT2D eigenvalue weighted by molar-refractivity contribution is 8.00. The summed E-state index contributed by atoms with van der Waals surface area (Å²) in [5.41, 5.74) is 1.65. The lowest BCUT2D eigenvalue weighted by Crippen LogP contribution is -2.03. The van der Waals surface area contributed by atoms with E-state index in [0.29, 0.717) is 21.4 Å². The number of thioether (sulfide) groups is 1. The monoisotopic (exact) mass is 310 g/mol. The lowest BCUT2D eigenvalue weighted by Gasteiger charge is -2.06. The maximum absolute atomic E-state index is 12.1. The largest absolute Gasteiger partial charge is 0.293 e. The second-order valence-corrected chi connectivity index (χ2v) is 5.88. The summed E-state index contributed by atoms with van der Waals surface area (Å²) in [5.74, 6) is 0.339. The van der Waals surface area contributed by atoms with Crippen LogP contribution in [0.4, 0.5) is 0 Å². The average Bonchev–Trinajstić information content (AvgIpc) is 2.40. The second kappa shape index (κ2) is 6.47. The first-order valence-corrected chi connectivity index (χ1v) is 7.49. The predicted molar refractivity (Wildman–Crippen MR) is 82.7 cm³/mol. The molecule has 1 nitrogen and oxygen atoms in total. The molecule has 4 heteroatoms. The Bertz CT molecular complexity index is 611. The molecule has 0 aliphatic heterocycles. The van der Waals surface area contributed by atoms with E-state index in [9.17, 15) is 4.79 Å². The molecule has 0 aliphatic carbocycles. The maximum atomic E-state index is 12.1. The third kappa shape index (κ3) is 3.53. The summed E-state index contributed by atoms with van der Waals surface area (Å²) in [4.78, 5) is 13.2. The minimum Gasteiger partial charge on any atom is -0.293 e. The van der Waals surface area contributed by atoms with Gasteiger partial charge in [0, 0.05) is 10.5 Å². The summed E-state index contributed by atoms with van der Waals surface area (Å²) in [6.07, 6.45) is 0. The van der Waals surface area contributed by atoms with E-state index in [0.717, 1.165) is 10.5 Å². The fraction of sp³-hybridized carbons (Fsp3) is 0.133. The highest BCUT2D eigenvalue weighted by atomic mass is 35.5. The topological polar surface area (TPSA) is 17.1 Å². The van der Waals surface area contributed by atoms with Gasteiger partial charge in [0.1, 0.15) is 0 Å². The third-order valence-corrected chi connectivity index (χ3v) is 4.70. The number of benzene rings is 2. The van der Waals surface area contributed by atoms with E-state index < -0.39 is 0 Å². The summed E-state index contributed by atoms with van der Waals surface area (Å²) in [7, 11) is 0. The van der Waals surface area contributed by atoms with Crippen LogP contribution in [-0.4, -0.2) is 11.5 Å². The van der Waals surface area contributed by atoms with Crippen molar-refractivity contribution in [1.29, 1.82) is 0 Å². The van der Waals surface area contributed by atoms with Crippen molar-refractivity contribution >= 4 is 40.7 Å². The Hall–Kier alpha value is -0.960. The van der Waals surface area contributed by atoms with Crippen LogP contribution in [-0.2, 0) is 0 Å². The van der Waals surface area contributed by atoms with Gasteiger partial charge < -0.3 is 0 Å². The first kappa shape index (κ1) is 14.4. The molecule has 0 aliphatic rings. The number of halogens is 2. The highest BCUT2D eigenvalue weighted by Crippen LogP contribution is 2.28. The van der Waals surface area contributed by atoms with E-state index in [2.05, 4.69) is 0 Å². The molecule has 2 aromatic carbocycles. The lowest BCUT2D eigenvalue weighted by atomic mass is 10.1. The van der Waals surface area contributed by atoms with Crippen LogP contribution in [0, 0.1) is 6.92 Å². The van der Waals surface area contributed by atoms with Gasteiger partial charge in [0.05, 0.1) is 15.8 Å². The lowest BCUT2D eigenvalue weighted by molar-refractivity contribution is 0.102. The van der Waals surface area contributed by atoms with Crippen LogP contribution < -0.4 is 0 Å². The highest BCUT2D eigenvalue weighted by Gasteiger charge is 2.13. The van der Waals surface area contributed by atoms with E-state index in [-0.39, 0.29) is 5.78 Å². The molecule has 2 rings (SSSR count). The van der Waals surface area contributed by atoms with Crippen molar-refractivity contribution in [3.8, 4) is 0 Å². The number of carbonyl (C=O) groups excluding carboxylic acids is 1. The number of ketones is 1. The molecule has 0 heterocycles. The van der Waals surface area contributed by atoms with Crippen molar-refractivity contribution in [2.45, 2.75) is 11.8 Å². The van der Waals surface area contributed by atoms with Gasteiger partial charge in [-0.2, -0.15) is 0 Å². The molecule has 0 radical (unpaired) electrons. The molecule has 0 aromatic heterocycles. The van der Waals surface area contributed by atoms with Crippen LogP contribution in [0.25, 0.3) is 0 Å². The average molecular weight is 311 g/mol. The van der Waals surface area contributed by atoms with Crippen molar-refractivity contribution in [2.75, 3.05) is 5.75 Å².